The molecule has 1 aromatic heterocycles. The van der Waals surface area contributed by atoms with Gasteiger partial charge in [0.25, 0.3) is 5.91 Å². The van der Waals surface area contributed by atoms with Gasteiger partial charge in [-0.15, -0.1) is 11.3 Å². The maximum absolute atomic E-state index is 14.0. The molecule has 1 heterocycles. The number of nitrogens with one attached hydrogen (secondary N) is 1. The zero-order valence-corrected chi connectivity index (χ0v) is 16.7. The van der Waals surface area contributed by atoms with Crippen molar-refractivity contribution in [2.75, 3.05) is 0 Å². The van der Waals surface area contributed by atoms with Gasteiger partial charge in [0.2, 0.25) is 5.92 Å². The maximum atomic E-state index is 14.0. The van der Waals surface area contributed by atoms with Crippen LogP contribution in [0.25, 0.3) is 10.1 Å². The first-order valence-corrected chi connectivity index (χ1v) is 10.9. The summed E-state index contributed by atoms with van der Waals surface area (Å²) in [6, 6.07) is 3.30. The van der Waals surface area contributed by atoms with Crippen LogP contribution < -0.4 is 5.32 Å². The highest BCUT2D eigenvalue weighted by atomic mass is 79.9. The molecule has 5 nitrogen and oxygen atoms in total. The SMILES string of the molecule is O=C(NC1CCC(F)(F)C1)c1ccc2sc(C(F)(F)P(=O)(O)O)c(Br)c2c1. The van der Waals surface area contributed by atoms with Crippen molar-refractivity contribution in [2.45, 2.75) is 36.9 Å². The third kappa shape index (κ3) is 3.93. The largest absolute Gasteiger partial charge is 0.400 e. The van der Waals surface area contributed by atoms with Crippen molar-refractivity contribution in [3.05, 3.63) is 33.1 Å². The highest BCUT2D eigenvalue weighted by molar-refractivity contribution is 9.10. The minimum absolute atomic E-state index is 0.0715. The summed E-state index contributed by atoms with van der Waals surface area (Å²) in [7, 11) is -5.74. The lowest BCUT2D eigenvalue weighted by Crippen LogP contribution is -2.33. The Labute approximate surface area is 163 Å². The van der Waals surface area contributed by atoms with Crippen LogP contribution in [0.2, 0.25) is 0 Å². The van der Waals surface area contributed by atoms with E-state index >= 15 is 0 Å². The van der Waals surface area contributed by atoms with E-state index in [1.54, 1.807) is 0 Å². The number of alkyl halides is 4. The van der Waals surface area contributed by atoms with Crippen LogP contribution in [0.3, 0.4) is 0 Å². The molecular weight excluding hydrogens is 477 g/mol. The lowest BCUT2D eigenvalue weighted by atomic mass is 10.1. The summed E-state index contributed by atoms with van der Waals surface area (Å²) in [4.78, 5) is 29.3. The minimum Gasteiger partial charge on any atom is -0.349 e. The zero-order chi connectivity index (χ0) is 20.2. The molecule has 0 spiro atoms. The minimum atomic E-state index is -5.74. The van der Waals surface area contributed by atoms with Crippen LogP contribution in [0.5, 0.6) is 0 Å². The second-order valence-corrected chi connectivity index (χ2v) is 9.81. The summed E-state index contributed by atoms with van der Waals surface area (Å²) in [5.74, 6) is -3.44. The molecule has 0 saturated heterocycles. The molecule has 1 atom stereocenters. The predicted molar refractivity (Wildman–Crippen MR) is 95.5 cm³/mol. The van der Waals surface area contributed by atoms with E-state index in [1.807, 2.05) is 0 Å². The molecule has 1 fully saturated rings. The number of hydrogen-bond acceptors (Lipinski definition) is 3. The fraction of sp³-hybridized carbons (Fsp3) is 0.400. The van der Waals surface area contributed by atoms with E-state index in [9.17, 15) is 26.9 Å². The summed E-state index contributed by atoms with van der Waals surface area (Å²) < 4.78 is 65.7. The Balaban J connectivity index is 1.91. The molecule has 1 aromatic carbocycles. The van der Waals surface area contributed by atoms with Gasteiger partial charge in [-0.25, -0.2) is 8.78 Å². The molecule has 0 aliphatic heterocycles. The third-order valence-corrected chi connectivity index (χ3v) is 7.70. The monoisotopic (exact) mass is 489 g/mol. The topological polar surface area (TPSA) is 86.6 Å². The van der Waals surface area contributed by atoms with Crippen molar-refractivity contribution in [1.82, 2.24) is 5.32 Å². The highest BCUT2D eigenvalue weighted by Crippen LogP contribution is 2.62. The normalized spacial score (nSPS) is 20.2. The predicted octanol–water partition coefficient (Wildman–Crippen LogP) is 4.81. The lowest BCUT2D eigenvalue weighted by Gasteiger charge is -2.16. The van der Waals surface area contributed by atoms with E-state index in [4.69, 9.17) is 9.79 Å². The molecule has 0 radical (unpaired) electrons. The van der Waals surface area contributed by atoms with Gasteiger partial charge < -0.3 is 15.1 Å². The molecule has 2 aromatic rings. The van der Waals surface area contributed by atoms with E-state index in [1.165, 1.54) is 18.2 Å². The molecule has 12 heteroatoms. The standard InChI is InChI=1S/C15H13BrF4NO4PS/c16-11-9-5-7(13(22)21-8-3-4-14(17,18)6-8)1-2-10(9)27-12(11)15(19,20)26(23,24)25/h1-2,5,8H,3-4,6H2,(H,21,22)(H2,23,24,25). The zero-order valence-electron chi connectivity index (χ0n) is 13.4. The van der Waals surface area contributed by atoms with Crippen LogP contribution in [-0.4, -0.2) is 27.7 Å². The van der Waals surface area contributed by atoms with Crippen molar-refractivity contribution in [2.24, 2.45) is 0 Å². The first kappa shape index (κ1) is 20.7. The second kappa shape index (κ2) is 6.81. The van der Waals surface area contributed by atoms with E-state index in [0.717, 1.165) is 0 Å². The summed E-state index contributed by atoms with van der Waals surface area (Å²) in [6.07, 6.45) is -0.628. The molecule has 148 valence electrons. The summed E-state index contributed by atoms with van der Waals surface area (Å²) in [6.45, 7) is 0. The molecule has 1 aliphatic rings. The van der Waals surface area contributed by atoms with Crippen molar-refractivity contribution in [3.63, 3.8) is 0 Å². The first-order valence-electron chi connectivity index (χ1n) is 7.66. The van der Waals surface area contributed by atoms with Crippen molar-refractivity contribution in [3.8, 4) is 0 Å². The van der Waals surface area contributed by atoms with E-state index in [-0.39, 0.29) is 33.0 Å². The Kier molecular flexibility index (Phi) is 5.22. The number of carbonyl (C=O) groups is 1. The average Bonchev–Trinajstić information content (AvgIpc) is 3.06. The molecule has 1 unspecified atom stereocenters. The van der Waals surface area contributed by atoms with Crippen molar-refractivity contribution < 1.29 is 36.7 Å². The van der Waals surface area contributed by atoms with Crippen LogP contribution >= 0.6 is 34.9 Å². The van der Waals surface area contributed by atoms with Gasteiger partial charge in [0.05, 0.1) is 0 Å². The number of amides is 1. The molecule has 1 amide bonds. The molecule has 1 saturated carbocycles. The van der Waals surface area contributed by atoms with Crippen LogP contribution in [-0.2, 0) is 10.2 Å². The Morgan fingerprint density at radius 1 is 1.37 bits per heavy atom. The fourth-order valence-electron chi connectivity index (χ4n) is 2.88. The first-order chi connectivity index (χ1) is 12.3. The van der Waals surface area contributed by atoms with Gasteiger partial charge in [-0.3, -0.25) is 9.36 Å². The molecule has 0 bridgehead atoms. The van der Waals surface area contributed by atoms with E-state index in [2.05, 4.69) is 21.2 Å². The molecule has 27 heavy (non-hydrogen) atoms. The molecule has 1 aliphatic carbocycles. The third-order valence-electron chi connectivity index (χ3n) is 4.27. The Morgan fingerprint density at radius 2 is 2.04 bits per heavy atom. The molecule has 3 rings (SSSR count). The summed E-state index contributed by atoms with van der Waals surface area (Å²) in [5, 5.41) is 2.67. The lowest BCUT2D eigenvalue weighted by molar-refractivity contribution is 0.00710. The van der Waals surface area contributed by atoms with Crippen LogP contribution in [0.1, 0.15) is 34.5 Å². The Morgan fingerprint density at radius 3 is 2.59 bits per heavy atom. The van der Waals surface area contributed by atoms with Crippen LogP contribution in [0.15, 0.2) is 22.7 Å². The summed E-state index contributed by atoms with van der Waals surface area (Å²) in [5.41, 5.74) is -4.31. The van der Waals surface area contributed by atoms with Gasteiger partial charge in [-0.1, -0.05) is 0 Å². The van der Waals surface area contributed by atoms with Crippen LogP contribution in [0, 0.1) is 0 Å². The number of rotatable bonds is 4. The molecule has 3 N–H and O–H groups in total. The average molecular weight is 490 g/mol. The van der Waals surface area contributed by atoms with Crippen LogP contribution in [0.4, 0.5) is 17.6 Å². The number of halogens is 5. The van der Waals surface area contributed by atoms with E-state index < -0.39 is 42.4 Å². The number of fused-ring (bicyclic) bond motifs is 1. The van der Waals surface area contributed by atoms with E-state index in [0.29, 0.717) is 11.3 Å². The second-order valence-electron chi connectivity index (χ2n) is 6.31. The number of thiophene rings is 1. The number of carbonyl (C=O) groups excluding carboxylic acids is 1. The summed E-state index contributed by atoms with van der Waals surface area (Å²) >= 11 is 3.41. The van der Waals surface area contributed by atoms with Gasteiger partial charge in [-0.2, -0.15) is 8.78 Å². The van der Waals surface area contributed by atoms with Gasteiger partial charge in [0.15, 0.2) is 0 Å². The quantitative estimate of drug-likeness (QED) is 0.425. The number of benzene rings is 1. The Hall–Kier alpha value is -1.00. The number of hydrogen-bond donors (Lipinski definition) is 3. The van der Waals surface area contributed by atoms with Gasteiger partial charge >= 0.3 is 13.3 Å². The van der Waals surface area contributed by atoms with Crippen molar-refractivity contribution >= 4 is 50.9 Å². The molecular formula is C15H13BrF4NO4PS. The van der Waals surface area contributed by atoms with Gasteiger partial charge in [0, 0.05) is 39.0 Å². The van der Waals surface area contributed by atoms with Gasteiger partial charge in [-0.05, 0) is 40.5 Å². The van der Waals surface area contributed by atoms with Gasteiger partial charge in [0.1, 0.15) is 4.88 Å². The smallest absolute Gasteiger partial charge is 0.349 e. The fourth-order valence-corrected chi connectivity index (χ4v) is 5.80. The van der Waals surface area contributed by atoms with Crippen molar-refractivity contribution in [1.29, 1.82) is 0 Å². The Bertz CT molecular complexity index is 961. The highest BCUT2D eigenvalue weighted by Gasteiger charge is 2.53. The maximum Gasteiger partial charge on any atom is 0.400 e.